The average molecular weight is 139 g/mol. The lowest BCUT2D eigenvalue weighted by molar-refractivity contribution is -0.137. The number of carbonyl (C=O) groups excluding carboxylic acids is 1. The molecule has 1 heterocycles. The molecule has 10 heavy (non-hydrogen) atoms. The summed E-state index contributed by atoms with van der Waals surface area (Å²) in [6, 6.07) is 0.307. The number of nitrogens with one attached hydrogen (secondary N) is 1. The molecule has 0 amide bonds. The summed E-state index contributed by atoms with van der Waals surface area (Å²) < 4.78 is 4.42. The summed E-state index contributed by atoms with van der Waals surface area (Å²) in [5.74, 6) is -0.422. The zero-order chi connectivity index (χ0) is 7.40. The maximum absolute atomic E-state index is 10.7. The van der Waals surface area contributed by atoms with Crippen molar-refractivity contribution in [3.8, 4) is 0 Å². The van der Waals surface area contributed by atoms with Crippen molar-refractivity contribution in [3.63, 3.8) is 0 Å². The Bertz CT molecular complexity index is 174. The van der Waals surface area contributed by atoms with Gasteiger partial charge in [-0.2, -0.15) is 0 Å². The Labute approximate surface area is 58.6 Å². The third-order valence-electron chi connectivity index (χ3n) is 1.01. The Hall–Kier alpha value is -1.32. The van der Waals surface area contributed by atoms with E-state index in [4.69, 9.17) is 0 Å². The molecule has 0 bridgehead atoms. The Morgan fingerprint density at radius 2 is 2.60 bits per heavy atom. The second kappa shape index (κ2) is 3.00. The number of ether oxygens (including phenoxy) is 1. The first-order valence-electron chi connectivity index (χ1n) is 2.75. The smallest absolute Gasteiger partial charge is 0.341 e. The highest BCUT2D eigenvalue weighted by Gasteiger charge is 2.16. The molecule has 0 aliphatic carbocycles. The summed E-state index contributed by atoms with van der Waals surface area (Å²) in [6.07, 6.45) is 4.58. The molecule has 0 fully saturated rings. The monoisotopic (exact) mass is 139 g/mol. The molecule has 4 heteroatoms. The van der Waals surface area contributed by atoms with Gasteiger partial charge >= 0.3 is 5.97 Å². The third-order valence-corrected chi connectivity index (χ3v) is 1.01. The first-order valence-corrected chi connectivity index (χ1v) is 2.75. The number of esters is 1. The van der Waals surface area contributed by atoms with E-state index in [-0.39, 0.29) is 0 Å². The van der Waals surface area contributed by atoms with Crippen LogP contribution in [0.3, 0.4) is 0 Å². The van der Waals surface area contributed by atoms with E-state index in [9.17, 15) is 4.79 Å². The van der Waals surface area contributed by atoms with Gasteiger partial charge in [0.05, 0.1) is 13.4 Å². The number of aliphatic imine (C=N–C) groups is 1. The lowest BCUT2D eigenvalue weighted by Gasteiger charge is -2.05. The van der Waals surface area contributed by atoms with E-state index in [1.165, 1.54) is 13.4 Å². The highest BCUT2D eigenvalue weighted by Crippen LogP contribution is 2.06. The molecule has 0 unspecified atom stereocenters. The fraction of sp³-hybridized carbons (Fsp3) is 0.167. The van der Waals surface area contributed by atoms with Crippen LogP contribution in [0.25, 0.3) is 0 Å². The van der Waals surface area contributed by atoms with Gasteiger partial charge in [0, 0.05) is 6.20 Å². The summed E-state index contributed by atoms with van der Waals surface area (Å²) in [5, 5.41) is 2.69. The van der Waals surface area contributed by atoms with Crippen LogP contribution < -0.4 is 5.32 Å². The highest BCUT2D eigenvalue weighted by atomic mass is 16.5. The molecule has 1 N–H and O–H groups in total. The lowest BCUT2D eigenvalue weighted by atomic mass is 10.3. The van der Waals surface area contributed by atoms with E-state index in [0.717, 1.165) is 0 Å². The molecule has 0 spiro atoms. The molecule has 0 aromatic heterocycles. The van der Waals surface area contributed by atoms with Gasteiger partial charge < -0.3 is 10.1 Å². The molecule has 0 aromatic carbocycles. The van der Waals surface area contributed by atoms with Crippen molar-refractivity contribution < 1.29 is 9.53 Å². The second-order valence-corrected chi connectivity index (χ2v) is 1.64. The van der Waals surface area contributed by atoms with Gasteiger partial charge in [0.15, 0.2) is 0 Å². The first kappa shape index (κ1) is 6.80. The number of hydrogen-bond donors (Lipinski definition) is 1. The van der Waals surface area contributed by atoms with Gasteiger partial charge in [-0.05, 0) is 6.08 Å². The number of methoxy groups -OCH3 is 1. The van der Waals surface area contributed by atoms with E-state index in [0.29, 0.717) is 6.04 Å². The zero-order valence-corrected chi connectivity index (χ0v) is 5.50. The van der Waals surface area contributed by atoms with Crippen molar-refractivity contribution in [1.29, 1.82) is 0 Å². The van der Waals surface area contributed by atoms with Gasteiger partial charge in [0.25, 0.3) is 0 Å². The largest absolute Gasteiger partial charge is 0.467 e. The van der Waals surface area contributed by atoms with Gasteiger partial charge in [-0.3, -0.25) is 0 Å². The van der Waals surface area contributed by atoms with Crippen molar-refractivity contribution in [3.05, 3.63) is 18.3 Å². The zero-order valence-electron chi connectivity index (χ0n) is 5.50. The Kier molecular flexibility index (Phi) is 2.04. The van der Waals surface area contributed by atoms with Crippen LogP contribution in [0.4, 0.5) is 0 Å². The molecule has 0 aromatic rings. The standard InChI is InChI=1S/C6H7N2O2/c1-10-6(9)5-2-3-7-4-8-5/h2-4H,1H3,(H,7,8). The predicted octanol–water partition coefficient (Wildman–Crippen LogP) is -0.163. The van der Waals surface area contributed by atoms with Gasteiger partial charge in [-0.25, -0.2) is 9.79 Å². The first-order chi connectivity index (χ1) is 4.84. The number of nitrogens with zero attached hydrogens (tertiary/aromatic N) is 1. The van der Waals surface area contributed by atoms with Gasteiger partial charge in [-0.15, -0.1) is 0 Å². The van der Waals surface area contributed by atoms with Crippen molar-refractivity contribution >= 4 is 12.3 Å². The third kappa shape index (κ3) is 1.34. The number of carbonyl (C=O) groups is 1. The Balaban J connectivity index is 2.55. The van der Waals surface area contributed by atoms with Crippen LogP contribution in [0.2, 0.25) is 0 Å². The number of hydrogen-bond acceptors (Lipinski definition) is 4. The molecular weight excluding hydrogens is 132 g/mol. The van der Waals surface area contributed by atoms with Crippen LogP contribution in [0.5, 0.6) is 0 Å². The summed E-state index contributed by atoms with van der Waals surface area (Å²) in [5.41, 5.74) is 0. The summed E-state index contributed by atoms with van der Waals surface area (Å²) in [7, 11) is 1.32. The van der Waals surface area contributed by atoms with Crippen LogP contribution in [-0.2, 0) is 9.53 Å². The highest BCUT2D eigenvalue weighted by molar-refractivity contribution is 5.89. The quantitative estimate of drug-likeness (QED) is 0.513. The maximum Gasteiger partial charge on any atom is 0.341 e. The fourth-order valence-electron chi connectivity index (χ4n) is 0.545. The predicted molar refractivity (Wildman–Crippen MR) is 36.0 cm³/mol. The topological polar surface area (TPSA) is 50.7 Å². The molecule has 1 aliphatic heterocycles. The summed E-state index contributed by atoms with van der Waals surface area (Å²) in [6.45, 7) is 0. The Morgan fingerprint density at radius 1 is 1.80 bits per heavy atom. The summed E-state index contributed by atoms with van der Waals surface area (Å²) >= 11 is 0. The number of rotatable bonds is 1. The van der Waals surface area contributed by atoms with Crippen LogP contribution in [0.1, 0.15) is 0 Å². The lowest BCUT2D eigenvalue weighted by Crippen LogP contribution is -2.16. The van der Waals surface area contributed by atoms with E-state index in [1.54, 1.807) is 12.3 Å². The minimum Gasteiger partial charge on any atom is -0.467 e. The maximum atomic E-state index is 10.7. The average Bonchev–Trinajstić information content (AvgIpc) is 2.05. The molecule has 1 aliphatic rings. The van der Waals surface area contributed by atoms with Gasteiger partial charge in [-0.1, -0.05) is 0 Å². The van der Waals surface area contributed by atoms with Crippen LogP contribution in [0, 0.1) is 6.04 Å². The van der Waals surface area contributed by atoms with Crippen LogP contribution in [0.15, 0.2) is 17.3 Å². The molecule has 1 rings (SSSR count). The second-order valence-electron chi connectivity index (χ2n) is 1.64. The Morgan fingerprint density at radius 3 is 3.10 bits per heavy atom. The van der Waals surface area contributed by atoms with E-state index in [2.05, 4.69) is 15.0 Å². The molecular formula is C6H7N2O2. The van der Waals surface area contributed by atoms with E-state index < -0.39 is 5.97 Å². The van der Waals surface area contributed by atoms with Gasteiger partial charge in [0.1, 0.15) is 0 Å². The minimum absolute atomic E-state index is 0.307. The van der Waals surface area contributed by atoms with Crippen molar-refractivity contribution in [2.45, 2.75) is 0 Å². The summed E-state index contributed by atoms with van der Waals surface area (Å²) in [4.78, 5) is 14.4. The van der Waals surface area contributed by atoms with Crippen molar-refractivity contribution in [2.24, 2.45) is 4.99 Å². The molecule has 0 atom stereocenters. The normalized spacial score (nSPS) is 16.5. The fourth-order valence-corrected chi connectivity index (χ4v) is 0.545. The van der Waals surface area contributed by atoms with E-state index in [1.807, 2.05) is 0 Å². The van der Waals surface area contributed by atoms with Crippen molar-refractivity contribution in [1.82, 2.24) is 5.32 Å². The molecule has 0 saturated carbocycles. The SMILES string of the molecule is COC(=O)[C]1C=CNC=N1. The van der Waals surface area contributed by atoms with Crippen LogP contribution >= 0.6 is 0 Å². The molecule has 0 saturated heterocycles. The molecule has 53 valence electrons. The molecule has 1 radical (unpaired) electrons. The minimum atomic E-state index is -0.422. The van der Waals surface area contributed by atoms with Crippen LogP contribution in [-0.4, -0.2) is 19.4 Å². The van der Waals surface area contributed by atoms with E-state index >= 15 is 0 Å². The van der Waals surface area contributed by atoms with Gasteiger partial charge in [0.2, 0.25) is 6.04 Å². The molecule has 4 nitrogen and oxygen atoms in total. The van der Waals surface area contributed by atoms with Crippen molar-refractivity contribution in [2.75, 3.05) is 7.11 Å².